The lowest BCUT2D eigenvalue weighted by atomic mass is 10.2. The number of hydrogen-bond acceptors (Lipinski definition) is 4. The summed E-state index contributed by atoms with van der Waals surface area (Å²) in [4.78, 5) is 29.6. The van der Waals surface area contributed by atoms with Crippen molar-refractivity contribution in [3.8, 4) is 0 Å². The number of aromatic nitrogens is 1. The van der Waals surface area contributed by atoms with E-state index < -0.39 is 6.04 Å². The zero-order valence-corrected chi connectivity index (χ0v) is 12.8. The molecule has 1 aliphatic heterocycles. The van der Waals surface area contributed by atoms with Gasteiger partial charge in [0.05, 0.1) is 5.88 Å². The lowest BCUT2D eigenvalue weighted by Crippen LogP contribution is -2.44. The molecule has 1 N–H and O–H groups in total. The van der Waals surface area contributed by atoms with Crippen molar-refractivity contribution in [1.82, 2.24) is 9.88 Å². The van der Waals surface area contributed by atoms with E-state index in [2.05, 4.69) is 26.2 Å². The second-order valence-corrected chi connectivity index (χ2v) is 6.00. The minimum Gasteiger partial charge on any atom is -0.321 e. The molecule has 1 aromatic rings. The molecule has 0 aromatic carbocycles. The normalized spacial score (nSPS) is 18.4. The Morgan fingerprint density at radius 3 is 3.00 bits per heavy atom. The van der Waals surface area contributed by atoms with Crippen molar-refractivity contribution < 1.29 is 9.59 Å². The van der Waals surface area contributed by atoms with E-state index in [4.69, 9.17) is 0 Å². The van der Waals surface area contributed by atoms with E-state index in [9.17, 15) is 9.59 Å². The van der Waals surface area contributed by atoms with Crippen LogP contribution < -0.4 is 5.32 Å². The van der Waals surface area contributed by atoms with Gasteiger partial charge in [-0.25, -0.2) is 4.98 Å². The molecule has 1 aromatic heterocycles. The molecule has 0 aliphatic carbocycles. The van der Waals surface area contributed by atoms with E-state index in [-0.39, 0.29) is 11.8 Å². The van der Waals surface area contributed by atoms with E-state index in [1.54, 1.807) is 41.9 Å². The Labute approximate surface area is 124 Å². The Morgan fingerprint density at radius 1 is 1.58 bits per heavy atom. The number of nitrogens with one attached hydrogen (secondary N) is 1. The highest BCUT2D eigenvalue weighted by Crippen LogP contribution is 2.22. The zero-order chi connectivity index (χ0) is 13.8. The van der Waals surface area contributed by atoms with Crippen LogP contribution in [0.4, 0.5) is 5.82 Å². The van der Waals surface area contributed by atoms with Crippen LogP contribution in [-0.4, -0.2) is 39.4 Å². The Hall–Kier alpha value is -1.08. The smallest absolute Gasteiger partial charge is 0.249 e. The molecule has 0 spiro atoms. The van der Waals surface area contributed by atoms with Crippen molar-refractivity contribution in [2.75, 3.05) is 16.9 Å². The molecule has 1 atom stereocenters. The maximum atomic E-state index is 12.2. The van der Waals surface area contributed by atoms with Gasteiger partial charge in [-0.05, 0) is 28.1 Å². The second kappa shape index (κ2) is 6.38. The molecule has 0 bridgehead atoms. The van der Waals surface area contributed by atoms with Crippen molar-refractivity contribution in [1.29, 1.82) is 0 Å². The van der Waals surface area contributed by atoms with Gasteiger partial charge in [0, 0.05) is 22.8 Å². The molecule has 1 unspecified atom stereocenters. The fourth-order valence-corrected chi connectivity index (χ4v) is 3.18. The molecular weight excluding hydrogens is 330 g/mol. The average Bonchev–Trinajstić information content (AvgIpc) is 2.90. The maximum Gasteiger partial charge on any atom is 0.249 e. The van der Waals surface area contributed by atoms with Crippen LogP contribution in [0.3, 0.4) is 0 Å². The Bertz CT molecular complexity index is 480. The highest BCUT2D eigenvalue weighted by Gasteiger charge is 2.33. The van der Waals surface area contributed by atoms with Gasteiger partial charge in [0.2, 0.25) is 11.8 Å². The predicted molar refractivity (Wildman–Crippen MR) is 78.8 cm³/mol. The van der Waals surface area contributed by atoms with Crippen molar-refractivity contribution in [3.63, 3.8) is 0 Å². The van der Waals surface area contributed by atoms with E-state index in [1.807, 2.05) is 0 Å². The van der Waals surface area contributed by atoms with Crippen LogP contribution in [-0.2, 0) is 9.59 Å². The number of carbonyl (C=O) groups is 2. The number of hydrogen-bond donors (Lipinski definition) is 1. The molecule has 19 heavy (non-hydrogen) atoms. The third kappa shape index (κ3) is 3.48. The SMILES string of the molecule is CCC(=O)N1CSCC1C(=O)Nc1ccc(Br)cn1. The molecule has 1 fully saturated rings. The van der Waals surface area contributed by atoms with Crippen LogP contribution in [0.25, 0.3) is 0 Å². The molecule has 2 heterocycles. The number of anilines is 1. The number of carbonyl (C=O) groups excluding carboxylic acids is 2. The summed E-state index contributed by atoms with van der Waals surface area (Å²) in [6.45, 7) is 1.80. The topological polar surface area (TPSA) is 62.3 Å². The minimum absolute atomic E-state index is 0.00825. The van der Waals surface area contributed by atoms with E-state index in [0.29, 0.717) is 23.9 Å². The number of pyridine rings is 1. The molecule has 0 radical (unpaired) electrons. The highest BCUT2D eigenvalue weighted by molar-refractivity contribution is 9.10. The maximum absolute atomic E-state index is 12.2. The molecule has 2 rings (SSSR count). The van der Waals surface area contributed by atoms with Gasteiger partial charge in [-0.1, -0.05) is 6.92 Å². The average molecular weight is 344 g/mol. The van der Waals surface area contributed by atoms with Gasteiger partial charge >= 0.3 is 0 Å². The fraction of sp³-hybridized carbons (Fsp3) is 0.417. The second-order valence-electron chi connectivity index (χ2n) is 4.08. The summed E-state index contributed by atoms with van der Waals surface area (Å²) < 4.78 is 0.852. The van der Waals surface area contributed by atoms with Crippen molar-refractivity contribution in [2.24, 2.45) is 0 Å². The van der Waals surface area contributed by atoms with Gasteiger partial charge < -0.3 is 10.2 Å². The lowest BCUT2D eigenvalue weighted by Gasteiger charge is -2.22. The number of thioether (sulfide) groups is 1. The Kier molecular flexibility index (Phi) is 4.81. The number of nitrogens with zero attached hydrogens (tertiary/aromatic N) is 2. The van der Waals surface area contributed by atoms with E-state index in [1.165, 1.54) is 0 Å². The molecule has 1 aliphatic rings. The summed E-state index contributed by atoms with van der Waals surface area (Å²) in [5, 5.41) is 2.74. The van der Waals surface area contributed by atoms with Gasteiger partial charge in [-0.3, -0.25) is 9.59 Å². The molecule has 0 saturated carbocycles. The minimum atomic E-state index is -0.400. The van der Waals surface area contributed by atoms with Crippen molar-refractivity contribution in [2.45, 2.75) is 19.4 Å². The summed E-state index contributed by atoms with van der Waals surface area (Å²) in [5.74, 6) is 1.54. The largest absolute Gasteiger partial charge is 0.321 e. The van der Waals surface area contributed by atoms with Crippen LogP contribution in [0.1, 0.15) is 13.3 Å². The predicted octanol–water partition coefficient (Wildman–Crippen LogP) is 2.09. The van der Waals surface area contributed by atoms with Gasteiger partial charge in [0.25, 0.3) is 0 Å². The van der Waals surface area contributed by atoms with Crippen LogP contribution in [0.5, 0.6) is 0 Å². The van der Waals surface area contributed by atoms with E-state index in [0.717, 1.165) is 4.47 Å². The standard InChI is InChI=1S/C12H14BrN3O2S/c1-2-11(17)16-7-19-6-9(16)12(18)15-10-4-3-8(13)5-14-10/h3-5,9H,2,6-7H2,1H3,(H,14,15,18). The third-order valence-electron chi connectivity index (χ3n) is 2.79. The highest BCUT2D eigenvalue weighted by atomic mass is 79.9. The number of amides is 2. The fourth-order valence-electron chi connectivity index (χ4n) is 1.77. The first-order chi connectivity index (χ1) is 9.11. The van der Waals surface area contributed by atoms with Crippen LogP contribution in [0.2, 0.25) is 0 Å². The molecule has 7 heteroatoms. The van der Waals surface area contributed by atoms with Gasteiger partial charge in [0.15, 0.2) is 0 Å². The Balaban J connectivity index is 2.03. The summed E-state index contributed by atoms with van der Waals surface area (Å²) in [7, 11) is 0. The number of halogens is 1. The third-order valence-corrected chi connectivity index (χ3v) is 4.27. The van der Waals surface area contributed by atoms with Gasteiger partial charge in [-0.15, -0.1) is 11.8 Å². The first kappa shape index (κ1) is 14.3. The summed E-state index contributed by atoms with van der Waals surface area (Å²) in [6.07, 6.45) is 2.04. The van der Waals surface area contributed by atoms with Gasteiger partial charge in [0.1, 0.15) is 11.9 Å². The van der Waals surface area contributed by atoms with Crippen molar-refractivity contribution in [3.05, 3.63) is 22.8 Å². The van der Waals surface area contributed by atoms with Gasteiger partial charge in [-0.2, -0.15) is 0 Å². The quantitative estimate of drug-likeness (QED) is 0.912. The molecule has 1 saturated heterocycles. The molecule has 5 nitrogen and oxygen atoms in total. The zero-order valence-electron chi connectivity index (χ0n) is 10.4. The van der Waals surface area contributed by atoms with Crippen LogP contribution in [0, 0.1) is 0 Å². The van der Waals surface area contributed by atoms with Crippen LogP contribution >= 0.6 is 27.7 Å². The molecule has 102 valence electrons. The van der Waals surface area contributed by atoms with Crippen LogP contribution in [0.15, 0.2) is 22.8 Å². The summed E-state index contributed by atoms with van der Waals surface area (Å²) in [5.41, 5.74) is 0. The molecule has 2 amide bonds. The number of rotatable bonds is 3. The first-order valence-corrected chi connectivity index (χ1v) is 7.86. The first-order valence-electron chi connectivity index (χ1n) is 5.91. The molecular formula is C12H14BrN3O2S. The monoisotopic (exact) mass is 343 g/mol. The summed E-state index contributed by atoms with van der Waals surface area (Å²) in [6, 6.07) is 3.12. The van der Waals surface area contributed by atoms with E-state index >= 15 is 0 Å². The van der Waals surface area contributed by atoms with Crippen molar-refractivity contribution >= 4 is 45.3 Å². The summed E-state index contributed by atoms with van der Waals surface area (Å²) >= 11 is 4.88. The Morgan fingerprint density at radius 2 is 2.37 bits per heavy atom. The lowest BCUT2D eigenvalue weighted by molar-refractivity contribution is -0.135.